The van der Waals surface area contributed by atoms with Gasteiger partial charge in [0.15, 0.2) is 0 Å². The minimum Gasteiger partial charge on any atom is -0.481 e. The van der Waals surface area contributed by atoms with E-state index in [1.807, 2.05) is 43.3 Å². The SMILES string of the molecule is CC(=O)N[C@@H](Cc1c[nH]c2ccccc12)C(=O)N[C@@H](CCCCNC(=O)Nc1ccccc1C)C(=O)N[C@@H](CC(=O)O)C(=O)N[C@@H](Cc1ccccc1)C(N)=O. The number of hydrogen-bond donors (Lipinski definition) is 9. The van der Waals surface area contributed by atoms with Gasteiger partial charge in [0.25, 0.3) is 0 Å². The first kappa shape index (κ1) is 42.0. The topological polar surface area (TPSA) is 254 Å². The maximum absolute atomic E-state index is 13.9. The molecule has 296 valence electrons. The van der Waals surface area contributed by atoms with Crippen molar-refractivity contribution in [1.29, 1.82) is 0 Å². The van der Waals surface area contributed by atoms with Crippen LogP contribution in [0.25, 0.3) is 10.9 Å². The molecule has 10 N–H and O–H groups in total. The molecular formula is C40H48N8O8. The summed E-state index contributed by atoms with van der Waals surface area (Å²) in [6.45, 7) is 3.33. The summed E-state index contributed by atoms with van der Waals surface area (Å²) < 4.78 is 0. The lowest BCUT2D eigenvalue weighted by molar-refractivity contribution is -0.141. The summed E-state index contributed by atoms with van der Waals surface area (Å²) >= 11 is 0. The second-order valence-corrected chi connectivity index (χ2v) is 13.4. The van der Waals surface area contributed by atoms with E-state index in [9.17, 15) is 38.7 Å². The molecule has 0 aliphatic heterocycles. The number of carbonyl (C=O) groups excluding carboxylic acids is 6. The number of aromatic nitrogens is 1. The highest BCUT2D eigenvalue weighted by molar-refractivity contribution is 5.97. The lowest BCUT2D eigenvalue weighted by Crippen LogP contribution is -2.58. The van der Waals surface area contributed by atoms with E-state index in [4.69, 9.17) is 5.73 Å². The van der Waals surface area contributed by atoms with Gasteiger partial charge < -0.3 is 47.7 Å². The van der Waals surface area contributed by atoms with Crippen molar-refractivity contribution in [3.8, 4) is 0 Å². The molecule has 0 saturated carbocycles. The van der Waals surface area contributed by atoms with Gasteiger partial charge in [-0.25, -0.2) is 4.79 Å². The second kappa shape index (κ2) is 20.7. The molecule has 0 saturated heterocycles. The Bertz CT molecular complexity index is 2020. The summed E-state index contributed by atoms with van der Waals surface area (Å²) in [5.41, 5.74) is 9.33. The van der Waals surface area contributed by atoms with Crippen LogP contribution in [0.2, 0.25) is 0 Å². The molecule has 1 aromatic heterocycles. The van der Waals surface area contributed by atoms with Gasteiger partial charge in [-0.05, 0) is 55.0 Å². The van der Waals surface area contributed by atoms with E-state index in [2.05, 4.69) is 36.9 Å². The van der Waals surface area contributed by atoms with Crippen LogP contribution in [-0.2, 0) is 41.6 Å². The quantitative estimate of drug-likeness (QED) is 0.0601. The Morgan fingerprint density at radius 3 is 2.04 bits per heavy atom. The molecule has 0 aliphatic carbocycles. The number of aliphatic carboxylic acids is 1. The molecule has 56 heavy (non-hydrogen) atoms. The Hall–Kier alpha value is -6.71. The van der Waals surface area contributed by atoms with E-state index in [-0.39, 0.29) is 25.8 Å². The van der Waals surface area contributed by atoms with E-state index in [0.717, 1.165) is 22.0 Å². The van der Waals surface area contributed by atoms with Gasteiger partial charge in [-0.15, -0.1) is 0 Å². The molecule has 0 fully saturated rings. The average molecular weight is 769 g/mol. The molecule has 4 aromatic rings. The molecule has 7 amide bonds. The summed E-state index contributed by atoms with van der Waals surface area (Å²) in [5, 5.41) is 26.2. The van der Waals surface area contributed by atoms with Gasteiger partial charge in [-0.2, -0.15) is 0 Å². The van der Waals surface area contributed by atoms with Crippen LogP contribution < -0.4 is 37.6 Å². The van der Waals surface area contributed by atoms with Crippen molar-refractivity contribution in [3.63, 3.8) is 0 Å². The molecule has 4 atom stereocenters. The van der Waals surface area contributed by atoms with Crippen molar-refractivity contribution < 1.29 is 38.7 Å². The molecule has 1 heterocycles. The first-order chi connectivity index (χ1) is 26.8. The summed E-state index contributed by atoms with van der Waals surface area (Å²) in [4.78, 5) is 93.1. The van der Waals surface area contributed by atoms with Gasteiger partial charge in [-0.3, -0.25) is 28.8 Å². The molecule has 0 unspecified atom stereocenters. The zero-order valence-corrected chi connectivity index (χ0v) is 31.2. The van der Waals surface area contributed by atoms with Crippen LogP contribution in [0.15, 0.2) is 85.1 Å². The first-order valence-corrected chi connectivity index (χ1v) is 18.2. The lowest BCUT2D eigenvalue weighted by Gasteiger charge is -2.26. The van der Waals surface area contributed by atoms with Crippen molar-refractivity contribution in [1.82, 2.24) is 31.6 Å². The predicted octanol–water partition coefficient (Wildman–Crippen LogP) is 2.17. The predicted molar refractivity (Wildman–Crippen MR) is 209 cm³/mol. The zero-order valence-electron chi connectivity index (χ0n) is 31.2. The van der Waals surface area contributed by atoms with Crippen molar-refractivity contribution in [3.05, 3.63) is 102 Å². The van der Waals surface area contributed by atoms with Crippen LogP contribution in [0.3, 0.4) is 0 Å². The summed E-state index contributed by atoms with van der Waals surface area (Å²) in [5.74, 6) is -5.31. The van der Waals surface area contributed by atoms with Crippen molar-refractivity contribution >= 4 is 58.1 Å². The third-order valence-corrected chi connectivity index (χ3v) is 8.98. The molecule has 0 spiro atoms. The number of para-hydroxylation sites is 2. The number of amides is 7. The molecule has 16 heteroatoms. The number of H-pyrrole nitrogens is 1. The largest absolute Gasteiger partial charge is 0.481 e. The minimum absolute atomic E-state index is 0.0118. The number of anilines is 1. The average Bonchev–Trinajstić information content (AvgIpc) is 3.56. The minimum atomic E-state index is -1.65. The van der Waals surface area contributed by atoms with Gasteiger partial charge in [0.2, 0.25) is 29.5 Å². The van der Waals surface area contributed by atoms with E-state index in [1.54, 1.807) is 48.7 Å². The normalized spacial score (nSPS) is 13.0. The number of aryl methyl sites for hydroxylation is 1. The third-order valence-electron chi connectivity index (χ3n) is 8.98. The van der Waals surface area contributed by atoms with Crippen LogP contribution in [0.5, 0.6) is 0 Å². The van der Waals surface area contributed by atoms with Gasteiger partial charge in [0, 0.05) is 49.1 Å². The highest BCUT2D eigenvalue weighted by Crippen LogP contribution is 2.19. The number of unbranched alkanes of at least 4 members (excludes halogenated alkanes) is 1. The number of fused-ring (bicyclic) bond motifs is 1. The number of primary amides is 1. The Balaban J connectivity index is 1.49. The van der Waals surface area contributed by atoms with Gasteiger partial charge >= 0.3 is 12.0 Å². The van der Waals surface area contributed by atoms with Gasteiger partial charge in [0.05, 0.1) is 6.42 Å². The number of carboxylic acids is 1. The van der Waals surface area contributed by atoms with Gasteiger partial charge in [0.1, 0.15) is 24.2 Å². The fourth-order valence-electron chi connectivity index (χ4n) is 6.07. The Kier molecular flexibility index (Phi) is 15.5. The van der Waals surface area contributed by atoms with E-state index < -0.39 is 72.1 Å². The zero-order chi connectivity index (χ0) is 40.6. The van der Waals surface area contributed by atoms with Crippen molar-refractivity contribution in [2.75, 3.05) is 11.9 Å². The van der Waals surface area contributed by atoms with Crippen LogP contribution >= 0.6 is 0 Å². The molecule has 0 radical (unpaired) electrons. The van der Waals surface area contributed by atoms with Gasteiger partial charge in [-0.1, -0.05) is 66.7 Å². The third kappa shape index (κ3) is 13.0. The standard InChI is InChI=1S/C40H48N8O8/c1-24-12-6-8-16-29(24)48-40(56)42-19-11-10-18-31(45-38(54)33(44-25(2)49)21-27-23-43-30-17-9-7-15-28(27)30)37(53)47-34(22-35(50)51)39(55)46-32(36(41)52)20-26-13-4-3-5-14-26/h3-9,12-17,23,31-34,43H,10-11,18-22H2,1-2H3,(H2,41,52)(H,44,49)(H,45,54)(H,46,55)(H,47,53)(H,50,51)(H2,42,48,56)/t31-,32-,33-,34-/m0/s1. The maximum Gasteiger partial charge on any atom is 0.319 e. The number of aromatic amines is 1. The fourth-order valence-corrected chi connectivity index (χ4v) is 6.07. The monoisotopic (exact) mass is 768 g/mol. The number of hydrogen-bond acceptors (Lipinski definition) is 7. The fraction of sp³-hybridized carbons (Fsp3) is 0.325. The van der Waals surface area contributed by atoms with Crippen LogP contribution in [0.4, 0.5) is 10.5 Å². The molecule has 16 nitrogen and oxygen atoms in total. The molecule has 3 aromatic carbocycles. The van der Waals surface area contributed by atoms with Crippen LogP contribution in [0, 0.1) is 6.92 Å². The molecular weight excluding hydrogens is 720 g/mol. The lowest BCUT2D eigenvalue weighted by atomic mass is 10.0. The Labute approximate surface area is 323 Å². The Morgan fingerprint density at radius 1 is 0.714 bits per heavy atom. The number of urea groups is 1. The van der Waals surface area contributed by atoms with E-state index >= 15 is 0 Å². The summed E-state index contributed by atoms with van der Waals surface area (Å²) in [7, 11) is 0. The first-order valence-electron chi connectivity index (χ1n) is 18.2. The van der Waals surface area contributed by atoms with E-state index in [1.165, 1.54) is 6.92 Å². The van der Waals surface area contributed by atoms with Crippen molar-refractivity contribution in [2.45, 2.75) is 76.5 Å². The highest BCUT2D eigenvalue weighted by atomic mass is 16.4. The summed E-state index contributed by atoms with van der Waals surface area (Å²) in [6, 6.07) is 17.7. The number of rotatable bonds is 20. The Morgan fingerprint density at radius 2 is 1.34 bits per heavy atom. The highest BCUT2D eigenvalue weighted by Gasteiger charge is 2.32. The number of nitrogens with one attached hydrogen (secondary N) is 7. The van der Waals surface area contributed by atoms with Crippen LogP contribution in [0.1, 0.15) is 49.3 Å². The van der Waals surface area contributed by atoms with Crippen molar-refractivity contribution in [2.24, 2.45) is 5.73 Å². The number of carboxylic acid groups (broad SMARTS) is 1. The van der Waals surface area contributed by atoms with Crippen LogP contribution in [-0.4, -0.2) is 82.3 Å². The number of carbonyl (C=O) groups is 7. The summed E-state index contributed by atoms with van der Waals surface area (Å²) in [6.07, 6.45) is 1.67. The van der Waals surface area contributed by atoms with E-state index in [0.29, 0.717) is 24.1 Å². The molecule has 0 bridgehead atoms. The molecule has 4 rings (SSSR count). The number of benzene rings is 3. The molecule has 0 aliphatic rings. The smallest absolute Gasteiger partial charge is 0.319 e. The maximum atomic E-state index is 13.9. The second-order valence-electron chi connectivity index (χ2n) is 13.4. The number of nitrogens with two attached hydrogens (primary N) is 1.